The molecular weight excluding hydrogens is 426 g/mol. The largest absolute Gasteiger partial charge is 0.326 e. The Morgan fingerprint density at radius 3 is 2.66 bits per heavy atom. The summed E-state index contributed by atoms with van der Waals surface area (Å²) in [4.78, 5) is 18.0. The third-order valence-electron chi connectivity index (χ3n) is 4.90. The first-order valence-corrected chi connectivity index (χ1v) is 12.4. The van der Waals surface area contributed by atoms with E-state index in [4.69, 9.17) is 0 Å². The molecule has 4 rings (SSSR count). The predicted octanol–water partition coefficient (Wildman–Crippen LogP) is 4.22. The van der Waals surface area contributed by atoms with Crippen LogP contribution in [0.5, 0.6) is 0 Å². The molecule has 0 aliphatic carbocycles. The highest BCUT2D eigenvalue weighted by atomic mass is 32.2. The van der Waals surface area contributed by atoms with Gasteiger partial charge in [-0.3, -0.25) is 4.79 Å². The SMILES string of the molecule is Cc1ccc(S(=O)(=O)N2CCCC(C(=O)Nc3ccc(-c4nccs4)cc3)C2)s1. The number of hydrogen-bond donors (Lipinski definition) is 1. The molecule has 1 amide bonds. The summed E-state index contributed by atoms with van der Waals surface area (Å²) in [5, 5.41) is 5.78. The van der Waals surface area contributed by atoms with Gasteiger partial charge in [-0.1, -0.05) is 0 Å². The summed E-state index contributed by atoms with van der Waals surface area (Å²) in [7, 11) is -3.55. The number of carbonyl (C=O) groups excluding carboxylic acids is 1. The maximum atomic E-state index is 12.9. The van der Waals surface area contributed by atoms with Crippen molar-refractivity contribution < 1.29 is 13.2 Å². The number of thiazole rings is 1. The first-order chi connectivity index (χ1) is 13.9. The molecule has 9 heteroatoms. The number of hydrogen-bond acceptors (Lipinski definition) is 6. The second kappa shape index (κ2) is 8.35. The van der Waals surface area contributed by atoms with Crippen molar-refractivity contribution >= 4 is 44.3 Å². The van der Waals surface area contributed by atoms with Crippen molar-refractivity contribution in [3.63, 3.8) is 0 Å². The van der Waals surface area contributed by atoms with Crippen LogP contribution in [0.25, 0.3) is 10.6 Å². The molecule has 152 valence electrons. The van der Waals surface area contributed by atoms with E-state index in [9.17, 15) is 13.2 Å². The summed E-state index contributed by atoms with van der Waals surface area (Å²) < 4.78 is 27.5. The van der Waals surface area contributed by atoms with E-state index in [-0.39, 0.29) is 18.4 Å². The zero-order valence-electron chi connectivity index (χ0n) is 15.9. The molecule has 29 heavy (non-hydrogen) atoms. The molecule has 0 saturated carbocycles. The zero-order valence-corrected chi connectivity index (χ0v) is 18.3. The first-order valence-electron chi connectivity index (χ1n) is 9.31. The highest BCUT2D eigenvalue weighted by Gasteiger charge is 2.34. The molecular formula is C20H21N3O3S3. The third kappa shape index (κ3) is 4.42. The molecule has 1 aromatic carbocycles. The van der Waals surface area contributed by atoms with Gasteiger partial charge in [0, 0.05) is 40.8 Å². The number of carbonyl (C=O) groups is 1. The van der Waals surface area contributed by atoms with Crippen LogP contribution in [0.2, 0.25) is 0 Å². The van der Waals surface area contributed by atoms with Gasteiger partial charge >= 0.3 is 0 Å². The van der Waals surface area contributed by atoms with E-state index in [1.54, 1.807) is 29.7 Å². The Hall–Kier alpha value is -2.07. The average molecular weight is 448 g/mol. The number of thiophene rings is 1. The quantitative estimate of drug-likeness (QED) is 0.635. The number of nitrogens with one attached hydrogen (secondary N) is 1. The second-order valence-electron chi connectivity index (χ2n) is 6.97. The van der Waals surface area contributed by atoms with E-state index in [2.05, 4.69) is 10.3 Å². The van der Waals surface area contributed by atoms with Gasteiger partial charge in [0.1, 0.15) is 9.22 Å². The van der Waals surface area contributed by atoms with Crippen molar-refractivity contribution in [3.8, 4) is 10.6 Å². The lowest BCUT2D eigenvalue weighted by molar-refractivity contribution is -0.120. The fraction of sp³-hybridized carbons (Fsp3) is 0.300. The highest BCUT2D eigenvalue weighted by molar-refractivity contribution is 7.91. The zero-order chi connectivity index (χ0) is 20.4. The minimum Gasteiger partial charge on any atom is -0.326 e. The summed E-state index contributed by atoms with van der Waals surface area (Å²) >= 11 is 2.83. The Morgan fingerprint density at radius 1 is 1.21 bits per heavy atom. The third-order valence-corrected chi connectivity index (χ3v) is 9.05. The lowest BCUT2D eigenvalue weighted by atomic mass is 9.98. The molecule has 3 aromatic rings. The molecule has 1 atom stereocenters. The smallest absolute Gasteiger partial charge is 0.252 e. The van der Waals surface area contributed by atoms with Gasteiger partial charge in [-0.05, 0) is 56.2 Å². The van der Waals surface area contributed by atoms with Crippen LogP contribution in [0.1, 0.15) is 17.7 Å². The van der Waals surface area contributed by atoms with Gasteiger partial charge in [0.05, 0.1) is 5.92 Å². The van der Waals surface area contributed by atoms with Gasteiger partial charge in [-0.2, -0.15) is 4.31 Å². The number of nitrogens with zero attached hydrogens (tertiary/aromatic N) is 2. The molecule has 1 fully saturated rings. The van der Waals surface area contributed by atoms with Crippen molar-refractivity contribution in [1.82, 2.24) is 9.29 Å². The summed E-state index contributed by atoms with van der Waals surface area (Å²) in [5.74, 6) is -0.507. The van der Waals surface area contributed by atoms with E-state index in [0.717, 1.165) is 15.4 Å². The van der Waals surface area contributed by atoms with E-state index >= 15 is 0 Å². The Kier molecular flexibility index (Phi) is 5.82. The Labute approximate surface area is 178 Å². The first kappa shape index (κ1) is 20.2. The van der Waals surface area contributed by atoms with Crippen LogP contribution in [0.4, 0.5) is 5.69 Å². The van der Waals surface area contributed by atoms with Crippen molar-refractivity contribution in [1.29, 1.82) is 0 Å². The molecule has 0 radical (unpaired) electrons. The van der Waals surface area contributed by atoms with Crippen LogP contribution in [-0.4, -0.2) is 36.7 Å². The van der Waals surface area contributed by atoms with E-state index in [1.807, 2.05) is 36.6 Å². The van der Waals surface area contributed by atoms with Crippen molar-refractivity contribution in [3.05, 3.63) is 52.9 Å². The standard InChI is InChI=1S/C20H21N3O3S3/c1-14-4-9-18(28-14)29(25,26)23-11-2-3-16(13-23)19(24)22-17-7-5-15(6-8-17)20-21-10-12-27-20/h4-10,12,16H,2-3,11,13H2,1H3,(H,22,24). The van der Waals surface area contributed by atoms with Crippen molar-refractivity contribution in [2.75, 3.05) is 18.4 Å². The number of piperidine rings is 1. The number of aryl methyl sites for hydroxylation is 1. The number of aromatic nitrogens is 1. The summed E-state index contributed by atoms with van der Waals surface area (Å²) in [6, 6.07) is 11.0. The monoisotopic (exact) mass is 447 g/mol. The number of amides is 1. The van der Waals surface area contributed by atoms with Crippen LogP contribution in [0, 0.1) is 12.8 Å². The molecule has 1 N–H and O–H groups in total. The lowest BCUT2D eigenvalue weighted by Crippen LogP contribution is -2.43. The molecule has 6 nitrogen and oxygen atoms in total. The molecule has 1 unspecified atom stereocenters. The summed E-state index contributed by atoms with van der Waals surface area (Å²) in [6.07, 6.45) is 3.11. The van der Waals surface area contributed by atoms with Gasteiger partial charge < -0.3 is 5.32 Å². The number of benzene rings is 1. The fourth-order valence-electron chi connectivity index (χ4n) is 3.36. The maximum Gasteiger partial charge on any atom is 0.252 e. The second-order valence-corrected chi connectivity index (χ2v) is 11.3. The van der Waals surface area contributed by atoms with E-state index in [0.29, 0.717) is 29.3 Å². The van der Waals surface area contributed by atoms with Crippen LogP contribution < -0.4 is 5.32 Å². The number of anilines is 1. The minimum atomic E-state index is -3.55. The van der Waals surface area contributed by atoms with Crippen LogP contribution in [0.15, 0.2) is 52.2 Å². The van der Waals surface area contributed by atoms with Gasteiger partial charge in [-0.25, -0.2) is 13.4 Å². The molecule has 2 aromatic heterocycles. The average Bonchev–Trinajstić information content (AvgIpc) is 3.41. The van der Waals surface area contributed by atoms with Gasteiger partial charge in [0.25, 0.3) is 10.0 Å². The van der Waals surface area contributed by atoms with Gasteiger partial charge in [-0.15, -0.1) is 22.7 Å². The summed E-state index contributed by atoms with van der Waals surface area (Å²) in [5.41, 5.74) is 1.70. The lowest BCUT2D eigenvalue weighted by Gasteiger charge is -2.30. The Balaban J connectivity index is 1.42. The van der Waals surface area contributed by atoms with Crippen molar-refractivity contribution in [2.45, 2.75) is 24.0 Å². The molecule has 1 saturated heterocycles. The Morgan fingerprint density at radius 2 is 2.00 bits per heavy atom. The van der Waals surface area contributed by atoms with Crippen LogP contribution in [0.3, 0.4) is 0 Å². The van der Waals surface area contributed by atoms with E-state index < -0.39 is 10.0 Å². The van der Waals surface area contributed by atoms with Crippen molar-refractivity contribution in [2.24, 2.45) is 5.92 Å². The van der Waals surface area contributed by atoms with E-state index in [1.165, 1.54) is 15.6 Å². The molecule has 1 aliphatic rings. The molecule has 1 aliphatic heterocycles. The van der Waals surface area contributed by atoms with Gasteiger partial charge in [0.2, 0.25) is 5.91 Å². The van der Waals surface area contributed by atoms with Gasteiger partial charge in [0.15, 0.2) is 0 Å². The molecule has 3 heterocycles. The van der Waals surface area contributed by atoms with Crippen LogP contribution >= 0.6 is 22.7 Å². The number of sulfonamides is 1. The maximum absolute atomic E-state index is 12.9. The topological polar surface area (TPSA) is 79.4 Å². The summed E-state index contributed by atoms with van der Waals surface area (Å²) in [6.45, 7) is 2.55. The highest BCUT2D eigenvalue weighted by Crippen LogP contribution is 2.29. The molecule has 0 bridgehead atoms. The fourth-order valence-corrected chi connectivity index (χ4v) is 6.97. The normalized spacial score (nSPS) is 17.9. The molecule has 0 spiro atoms. The minimum absolute atomic E-state index is 0.144. The number of rotatable bonds is 5. The van der Waals surface area contributed by atoms with Crippen LogP contribution in [-0.2, 0) is 14.8 Å². The Bertz CT molecular complexity index is 1090. The predicted molar refractivity (Wildman–Crippen MR) is 117 cm³/mol.